The van der Waals surface area contributed by atoms with Gasteiger partial charge in [-0.3, -0.25) is 4.79 Å². The second-order valence-electron chi connectivity index (χ2n) is 10.9. The van der Waals surface area contributed by atoms with Crippen molar-refractivity contribution in [1.29, 1.82) is 0 Å². The maximum absolute atomic E-state index is 13.5. The number of carbonyl (C=O) groups is 1. The largest absolute Gasteiger partial charge is 0.407 e. The molecule has 4 aromatic carbocycles. The molecule has 0 radical (unpaired) electrons. The van der Waals surface area contributed by atoms with Crippen LogP contribution in [0, 0.1) is 0 Å². The normalized spacial score (nSPS) is 17.5. The Kier molecular flexibility index (Phi) is 7.10. The number of carbonyl (C=O) groups excluding carboxylic acids is 1. The first-order valence-electron chi connectivity index (χ1n) is 13.2. The van der Waals surface area contributed by atoms with E-state index in [0.717, 1.165) is 0 Å². The van der Waals surface area contributed by atoms with Crippen molar-refractivity contribution in [1.82, 2.24) is 4.90 Å². The number of nitrogens with zero attached hydrogens (tertiary/aromatic N) is 1. The van der Waals surface area contributed by atoms with Gasteiger partial charge >= 0.3 is 0 Å². The third-order valence-electron chi connectivity index (χ3n) is 7.61. The molecule has 1 heterocycles. The SMILES string of the molecule is CC(C)(C)[Si](OCCCN1C(=O)c2ccccc2C1(O)c1ccccc1)(c1ccccc1)c1ccccc1. The minimum atomic E-state index is -2.67. The molecule has 5 rings (SSSR count). The molecule has 4 aromatic rings. The molecule has 1 atom stereocenters. The van der Waals surface area contributed by atoms with E-state index < -0.39 is 14.0 Å². The van der Waals surface area contributed by atoms with E-state index in [0.29, 0.717) is 36.3 Å². The zero-order chi connectivity index (χ0) is 26.8. The van der Waals surface area contributed by atoms with E-state index in [-0.39, 0.29) is 10.9 Å². The minimum absolute atomic E-state index is 0.125. The summed E-state index contributed by atoms with van der Waals surface area (Å²) >= 11 is 0. The molecule has 38 heavy (non-hydrogen) atoms. The lowest BCUT2D eigenvalue weighted by Gasteiger charge is -2.43. The van der Waals surface area contributed by atoms with Crippen molar-refractivity contribution in [3.63, 3.8) is 0 Å². The van der Waals surface area contributed by atoms with Gasteiger partial charge in [0, 0.05) is 29.8 Å². The summed E-state index contributed by atoms with van der Waals surface area (Å²) in [5.41, 5.74) is 0.355. The minimum Gasteiger partial charge on any atom is -0.407 e. The highest BCUT2D eigenvalue weighted by atomic mass is 28.4. The van der Waals surface area contributed by atoms with Gasteiger partial charge in [-0.05, 0) is 27.9 Å². The van der Waals surface area contributed by atoms with Crippen molar-refractivity contribution in [2.24, 2.45) is 0 Å². The van der Waals surface area contributed by atoms with Gasteiger partial charge in [0.05, 0.1) is 0 Å². The van der Waals surface area contributed by atoms with Crippen LogP contribution in [-0.2, 0) is 10.2 Å². The molecule has 1 aliphatic heterocycles. The number of benzene rings is 4. The van der Waals surface area contributed by atoms with Crippen LogP contribution in [0.25, 0.3) is 0 Å². The standard InChI is InChI=1S/C33H35NO3Si/c1-32(2,3)38(27-18-9-5-10-19-27,28-20-11-6-12-21-28)37-25-15-24-34-31(35)29-22-13-14-23-30(29)33(34,36)26-16-7-4-8-17-26/h4-14,16-23,36H,15,24-25H2,1-3H3. The van der Waals surface area contributed by atoms with Crippen molar-refractivity contribution in [3.8, 4) is 0 Å². The van der Waals surface area contributed by atoms with Crippen molar-refractivity contribution in [2.45, 2.75) is 38.0 Å². The monoisotopic (exact) mass is 521 g/mol. The van der Waals surface area contributed by atoms with Gasteiger partial charge in [0.15, 0.2) is 5.72 Å². The quantitative estimate of drug-likeness (QED) is 0.253. The average molecular weight is 522 g/mol. The summed E-state index contributed by atoms with van der Waals surface area (Å²) in [6.07, 6.45) is 0.597. The molecule has 194 valence electrons. The van der Waals surface area contributed by atoms with Gasteiger partial charge in [-0.25, -0.2) is 0 Å². The Morgan fingerprint density at radius 2 is 1.26 bits per heavy atom. The maximum Gasteiger partial charge on any atom is 0.261 e. The van der Waals surface area contributed by atoms with Gasteiger partial charge in [0.2, 0.25) is 0 Å². The topological polar surface area (TPSA) is 49.8 Å². The Balaban J connectivity index is 1.44. The lowest BCUT2D eigenvalue weighted by atomic mass is 9.94. The van der Waals surface area contributed by atoms with E-state index in [1.807, 2.05) is 60.7 Å². The third kappa shape index (κ3) is 4.31. The fraction of sp³-hybridized carbons (Fsp3) is 0.242. The summed E-state index contributed by atoms with van der Waals surface area (Å²) in [5.74, 6) is -0.155. The Hall–Kier alpha value is -3.51. The number of hydrogen-bond acceptors (Lipinski definition) is 3. The fourth-order valence-corrected chi connectivity index (χ4v) is 10.5. The molecule has 1 amide bonds. The van der Waals surface area contributed by atoms with Crippen LogP contribution in [0.3, 0.4) is 0 Å². The number of aliphatic hydroxyl groups is 1. The number of amides is 1. The zero-order valence-corrected chi connectivity index (χ0v) is 23.3. The van der Waals surface area contributed by atoms with Crippen LogP contribution >= 0.6 is 0 Å². The van der Waals surface area contributed by atoms with Gasteiger partial charge < -0.3 is 14.4 Å². The van der Waals surface area contributed by atoms with Crippen LogP contribution in [-0.4, -0.2) is 37.4 Å². The Labute approximate surface area is 226 Å². The van der Waals surface area contributed by atoms with Crippen LogP contribution in [0.15, 0.2) is 115 Å². The van der Waals surface area contributed by atoms with Crippen LogP contribution in [0.4, 0.5) is 0 Å². The molecule has 0 saturated heterocycles. The molecular weight excluding hydrogens is 486 g/mol. The molecule has 0 aliphatic carbocycles. The van der Waals surface area contributed by atoms with Crippen LogP contribution < -0.4 is 10.4 Å². The van der Waals surface area contributed by atoms with Gasteiger partial charge in [0.1, 0.15) is 0 Å². The van der Waals surface area contributed by atoms with E-state index in [2.05, 4.69) is 69.3 Å². The summed E-state index contributed by atoms with van der Waals surface area (Å²) in [6, 6.07) is 37.9. The van der Waals surface area contributed by atoms with Gasteiger partial charge in [0.25, 0.3) is 14.2 Å². The zero-order valence-electron chi connectivity index (χ0n) is 22.3. The fourth-order valence-electron chi connectivity index (χ4n) is 5.87. The van der Waals surface area contributed by atoms with E-state index in [9.17, 15) is 9.90 Å². The molecule has 0 spiro atoms. The van der Waals surface area contributed by atoms with E-state index in [1.54, 1.807) is 11.0 Å². The third-order valence-corrected chi connectivity index (χ3v) is 12.6. The van der Waals surface area contributed by atoms with Gasteiger partial charge in [-0.1, -0.05) is 130 Å². The highest BCUT2D eigenvalue weighted by Crippen LogP contribution is 2.42. The van der Waals surface area contributed by atoms with Gasteiger partial charge in [-0.15, -0.1) is 0 Å². The molecule has 5 heteroatoms. The van der Waals surface area contributed by atoms with Crippen molar-refractivity contribution >= 4 is 24.6 Å². The highest BCUT2D eigenvalue weighted by molar-refractivity contribution is 6.99. The number of rotatable bonds is 8. The van der Waals surface area contributed by atoms with Crippen LogP contribution in [0.5, 0.6) is 0 Å². The lowest BCUT2D eigenvalue weighted by Crippen LogP contribution is -2.66. The van der Waals surface area contributed by atoms with E-state index >= 15 is 0 Å². The Morgan fingerprint density at radius 1 is 0.763 bits per heavy atom. The number of hydrogen-bond donors (Lipinski definition) is 1. The molecule has 4 nitrogen and oxygen atoms in total. The van der Waals surface area contributed by atoms with Gasteiger partial charge in [-0.2, -0.15) is 0 Å². The summed E-state index contributed by atoms with van der Waals surface area (Å²) in [7, 11) is -2.67. The maximum atomic E-state index is 13.5. The molecule has 1 aliphatic rings. The molecule has 0 fully saturated rings. The smallest absolute Gasteiger partial charge is 0.261 e. The summed E-state index contributed by atoms with van der Waals surface area (Å²) in [5, 5.41) is 14.4. The van der Waals surface area contributed by atoms with Crippen molar-refractivity contribution in [2.75, 3.05) is 13.2 Å². The molecular formula is C33H35NO3Si. The van der Waals surface area contributed by atoms with Crippen molar-refractivity contribution in [3.05, 3.63) is 132 Å². The average Bonchev–Trinajstić information content (AvgIpc) is 3.16. The van der Waals surface area contributed by atoms with E-state index in [1.165, 1.54) is 10.4 Å². The molecule has 1 unspecified atom stereocenters. The summed E-state index contributed by atoms with van der Waals surface area (Å²) < 4.78 is 7.03. The second kappa shape index (κ2) is 10.3. The summed E-state index contributed by atoms with van der Waals surface area (Å²) in [6.45, 7) is 7.62. The first-order chi connectivity index (χ1) is 18.3. The second-order valence-corrected chi connectivity index (χ2v) is 15.2. The molecule has 0 bridgehead atoms. The predicted molar refractivity (Wildman–Crippen MR) is 155 cm³/mol. The van der Waals surface area contributed by atoms with Crippen molar-refractivity contribution < 1.29 is 14.3 Å². The predicted octanol–water partition coefficient (Wildman–Crippen LogP) is 5.30. The highest BCUT2D eigenvalue weighted by Gasteiger charge is 2.51. The molecule has 0 saturated carbocycles. The Morgan fingerprint density at radius 3 is 1.82 bits per heavy atom. The van der Waals surface area contributed by atoms with E-state index in [4.69, 9.17) is 4.43 Å². The number of fused-ring (bicyclic) bond motifs is 1. The lowest BCUT2D eigenvalue weighted by molar-refractivity contribution is -0.0513. The Bertz CT molecular complexity index is 1350. The van der Waals surface area contributed by atoms with Crippen LogP contribution in [0.1, 0.15) is 48.7 Å². The van der Waals surface area contributed by atoms with Crippen LogP contribution in [0.2, 0.25) is 5.04 Å². The molecule has 0 aromatic heterocycles. The first kappa shape index (κ1) is 26.1. The first-order valence-corrected chi connectivity index (χ1v) is 15.2. The molecule has 1 N–H and O–H groups in total. The summed E-state index contributed by atoms with van der Waals surface area (Å²) in [4.78, 5) is 15.1.